The lowest BCUT2D eigenvalue weighted by Crippen LogP contribution is -2.38. The van der Waals surface area contributed by atoms with Gasteiger partial charge in [-0.05, 0) is 17.7 Å². The van der Waals surface area contributed by atoms with Crippen LogP contribution >= 0.6 is 24.0 Å². The van der Waals surface area contributed by atoms with Crippen LogP contribution in [0.1, 0.15) is 17.5 Å². The molecule has 0 saturated carbocycles. The van der Waals surface area contributed by atoms with Crippen LogP contribution in [0.3, 0.4) is 0 Å². The van der Waals surface area contributed by atoms with Crippen molar-refractivity contribution in [3.8, 4) is 0 Å². The van der Waals surface area contributed by atoms with E-state index in [1.54, 1.807) is 12.1 Å². The van der Waals surface area contributed by atoms with Crippen LogP contribution in [0, 0.1) is 5.82 Å². The largest absolute Gasteiger partial charge is 0.390 e. The van der Waals surface area contributed by atoms with Crippen LogP contribution in [0.5, 0.6) is 0 Å². The summed E-state index contributed by atoms with van der Waals surface area (Å²) < 4.78 is 54.6. The summed E-state index contributed by atoms with van der Waals surface area (Å²) in [7, 11) is 2.93. The maximum atomic E-state index is 13.5. The summed E-state index contributed by atoms with van der Waals surface area (Å²) in [5.41, 5.74) is 1.19. The highest BCUT2D eigenvalue weighted by molar-refractivity contribution is 14.0. The van der Waals surface area contributed by atoms with Gasteiger partial charge in [-0.25, -0.2) is 4.39 Å². The van der Waals surface area contributed by atoms with Gasteiger partial charge in [0.25, 0.3) is 0 Å². The molecule has 0 radical (unpaired) electrons. The number of halogens is 5. The SMILES string of the molecule is CN=C(NCCC(F)(F)F)NCc1ccc(F)c(COC)c1.I. The molecule has 23 heavy (non-hydrogen) atoms. The average Bonchev–Trinajstić information content (AvgIpc) is 2.44. The van der Waals surface area contributed by atoms with Gasteiger partial charge in [-0.2, -0.15) is 13.2 Å². The number of benzene rings is 1. The first-order valence-corrected chi connectivity index (χ1v) is 6.63. The van der Waals surface area contributed by atoms with Crippen LogP contribution in [0.25, 0.3) is 0 Å². The first kappa shape index (κ1) is 21.9. The number of alkyl halides is 3. The number of methoxy groups -OCH3 is 1. The molecule has 0 unspecified atom stereocenters. The van der Waals surface area contributed by atoms with Gasteiger partial charge in [-0.15, -0.1) is 24.0 Å². The smallest absolute Gasteiger partial charge is 0.380 e. The highest BCUT2D eigenvalue weighted by Gasteiger charge is 2.26. The molecule has 0 aliphatic carbocycles. The summed E-state index contributed by atoms with van der Waals surface area (Å²) in [6.07, 6.45) is -5.15. The second-order valence-electron chi connectivity index (χ2n) is 4.58. The number of nitrogens with one attached hydrogen (secondary N) is 2. The van der Waals surface area contributed by atoms with E-state index < -0.39 is 12.6 Å². The van der Waals surface area contributed by atoms with E-state index in [9.17, 15) is 17.6 Å². The number of guanidine groups is 1. The van der Waals surface area contributed by atoms with Crippen molar-refractivity contribution in [2.24, 2.45) is 4.99 Å². The summed E-state index contributed by atoms with van der Waals surface area (Å²) in [6.45, 7) is 0.197. The van der Waals surface area contributed by atoms with Crippen molar-refractivity contribution in [3.05, 3.63) is 35.1 Å². The molecule has 0 saturated heterocycles. The van der Waals surface area contributed by atoms with E-state index in [1.165, 1.54) is 20.2 Å². The summed E-state index contributed by atoms with van der Waals surface area (Å²) >= 11 is 0. The van der Waals surface area contributed by atoms with Gasteiger partial charge in [0.2, 0.25) is 0 Å². The Balaban J connectivity index is 0.00000484. The van der Waals surface area contributed by atoms with Crippen LogP contribution < -0.4 is 10.6 Å². The zero-order chi connectivity index (χ0) is 16.6. The van der Waals surface area contributed by atoms with E-state index in [0.717, 1.165) is 5.56 Å². The fourth-order valence-corrected chi connectivity index (χ4v) is 1.73. The monoisotopic (exact) mass is 449 g/mol. The Kier molecular flexibility index (Phi) is 10.1. The molecule has 0 aromatic heterocycles. The normalized spacial score (nSPS) is 11.8. The summed E-state index contributed by atoms with van der Waals surface area (Å²) in [6, 6.07) is 4.55. The van der Waals surface area contributed by atoms with Gasteiger partial charge in [0.1, 0.15) is 5.82 Å². The predicted octanol–water partition coefficient (Wildman–Crippen LogP) is 3.21. The molecule has 1 aromatic carbocycles. The number of ether oxygens (including phenoxy) is 1. The molecule has 1 rings (SSSR count). The number of aliphatic imine (C=N–C) groups is 1. The van der Waals surface area contributed by atoms with Gasteiger partial charge >= 0.3 is 6.18 Å². The van der Waals surface area contributed by atoms with Gasteiger partial charge in [0.05, 0.1) is 13.0 Å². The lowest BCUT2D eigenvalue weighted by atomic mass is 10.1. The van der Waals surface area contributed by atoms with Crippen LogP contribution in [0.4, 0.5) is 17.6 Å². The van der Waals surface area contributed by atoms with Gasteiger partial charge < -0.3 is 15.4 Å². The van der Waals surface area contributed by atoms with Gasteiger partial charge in [0.15, 0.2) is 5.96 Å². The van der Waals surface area contributed by atoms with Crippen molar-refractivity contribution < 1.29 is 22.3 Å². The van der Waals surface area contributed by atoms with Crippen molar-refractivity contribution in [3.63, 3.8) is 0 Å². The Morgan fingerprint density at radius 2 is 1.96 bits per heavy atom. The minimum absolute atomic E-state index is 0. The van der Waals surface area contributed by atoms with Crippen molar-refractivity contribution in [1.82, 2.24) is 10.6 Å². The molecule has 1 aromatic rings. The Morgan fingerprint density at radius 1 is 1.26 bits per heavy atom. The van der Waals surface area contributed by atoms with E-state index in [4.69, 9.17) is 4.74 Å². The lowest BCUT2D eigenvalue weighted by Gasteiger charge is -2.13. The van der Waals surface area contributed by atoms with Crippen molar-refractivity contribution >= 4 is 29.9 Å². The first-order valence-electron chi connectivity index (χ1n) is 6.63. The minimum atomic E-state index is -4.21. The molecule has 0 amide bonds. The zero-order valence-corrected chi connectivity index (χ0v) is 15.2. The Morgan fingerprint density at radius 3 is 2.52 bits per heavy atom. The molecule has 0 spiro atoms. The molecule has 0 aliphatic heterocycles. The van der Waals surface area contributed by atoms with E-state index >= 15 is 0 Å². The third-order valence-corrected chi connectivity index (χ3v) is 2.79. The molecule has 4 nitrogen and oxygen atoms in total. The Labute approximate surface area is 149 Å². The molecule has 0 atom stereocenters. The third kappa shape index (κ3) is 8.94. The molecular weight excluding hydrogens is 429 g/mol. The highest BCUT2D eigenvalue weighted by Crippen LogP contribution is 2.18. The summed E-state index contributed by atoms with van der Waals surface area (Å²) in [5, 5.41) is 5.44. The average molecular weight is 449 g/mol. The molecule has 0 heterocycles. The van der Waals surface area contributed by atoms with E-state index in [1.807, 2.05) is 0 Å². The first-order chi connectivity index (χ1) is 10.4. The maximum absolute atomic E-state index is 13.5. The topological polar surface area (TPSA) is 45.7 Å². The molecule has 0 bridgehead atoms. The van der Waals surface area contributed by atoms with Crippen molar-refractivity contribution in [1.29, 1.82) is 0 Å². The molecular formula is C14H20F4IN3O. The highest BCUT2D eigenvalue weighted by atomic mass is 127. The number of nitrogens with zero attached hydrogens (tertiary/aromatic N) is 1. The zero-order valence-electron chi connectivity index (χ0n) is 12.8. The van der Waals surface area contributed by atoms with Gasteiger partial charge in [-0.3, -0.25) is 4.99 Å². The Bertz CT molecular complexity index is 509. The predicted molar refractivity (Wildman–Crippen MR) is 91.4 cm³/mol. The number of rotatable bonds is 6. The van der Waals surface area contributed by atoms with Crippen LogP contribution in [0.2, 0.25) is 0 Å². The third-order valence-electron chi connectivity index (χ3n) is 2.79. The molecule has 132 valence electrons. The number of hydrogen-bond donors (Lipinski definition) is 2. The second kappa shape index (κ2) is 10.6. The van der Waals surface area contributed by atoms with Crippen molar-refractivity contribution in [2.75, 3.05) is 20.7 Å². The van der Waals surface area contributed by atoms with Gasteiger partial charge in [-0.1, -0.05) is 6.07 Å². The number of hydrogen-bond acceptors (Lipinski definition) is 2. The van der Waals surface area contributed by atoms with Crippen LogP contribution in [0.15, 0.2) is 23.2 Å². The van der Waals surface area contributed by atoms with E-state index in [2.05, 4.69) is 15.6 Å². The quantitative estimate of drug-likeness (QED) is 0.304. The van der Waals surface area contributed by atoms with Crippen LogP contribution in [-0.4, -0.2) is 32.8 Å². The molecule has 2 N–H and O–H groups in total. The van der Waals surface area contributed by atoms with E-state index in [0.29, 0.717) is 12.1 Å². The fraction of sp³-hybridized carbons (Fsp3) is 0.500. The van der Waals surface area contributed by atoms with Crippen molar-refractivity contribution in [2.45, 2.75) is 25.7 Å². The van der Waals surface area contributed by atoms with Gasteiger partial charge in [0, 0.05) is 32.8 Å². The fourth-order valence-electron chi connectivity index (χ4n) is 1.73. The summed E-state index contributed by atoms with van der Waals surface area (Å²) in [4.78, 5) is 3.83. The molecule has 9 heteroatoms. The van der Waals surface area contributed by atoms with Crippen LogP contribution in [-0.2, 0) is 17.9 Å². The minimum Gasteiger partial charge on any atom is -0.380 e. The standard InChI is InChI=1S/C14H19F4N3O.HI/c1-19-13(20-6-5-14(16,17)18)21-8-10-3-4-12(15)11(7-10)9-22-2;/h3-4,7H,5-6,8-9H2,1-2H3,(H2,19,20,21);1H. The molecule has 0 fully saturated rings. The lowest BCUT2D eigenvalue weighted by molar-refractivity contribution is -0.132. The maximum Gasteiger partial charge on any atom is 0.390 e. The molecule has 0 aliphatic rings. The Hall–Kier alpha value is -1.10. The van der Waals surface area contributed by atoms with E-state index in [-0.39, 0.29) is 48.9 Å². The summed E-state index contributed by atoms with van der Waals surface area (Å²) in [5.74, 6) is -0.111. The second-order valence-corrected chi connectivity index (χ2v) is 4.58.